The highest BCUT2D eigenvalue weighted by Crippen LogP contribution is 2.41. The molecule has 3 aliphatic rings. The molecule has 3 saturated heterocycles. The summed E-state index contributed by atoms with van der Waals surface area (Å²) < 4.78 is 5.50. The lowest BCUT2D eigenvalue weighted by atomic mass is 9.68. The Hall–Kier alpha value is -1.91. The molecule has 1 amide bonds. The molecule has 3 fully saturated rings. The van der Waals surface area contributed by atoms with E-state index in [0.29, 0.717) is 24.3 Å². The Morgan fingerprint density at radius 1 is 0.745 bits per heavy atom. The van der Waals surface area contributed by atoms with Crippen molar-refractivity contribution in [3.63, 3.8) is 0 Å². The van der Waals surface area contributed by atoms with Gasteiger partial charge in [0.2, 0.25) is 5.91 Å². The average molecular weight is 783 g/mol. The maximum Gasteiger partial charge on any atom is 0.221 e. The van der Waals surface area contributed by atoms with Gasteiger partial charge in [0.05, 0.1) is 18.8 Å². The Morgan fingerprint density at radius 3 is 1.80 bits per heavy atom. The van der Waals surface area contributed by atoms with Crippen molar-refractivity contribution in [2.45, 2.75) is 62.0 Å². The third-order valence-corrected chi connectivity index (χ3v) is 11.3. The number of hydrogen-bond acceptors (Lipinski definition) is 6. The van der Waals surface area contributed by atoms with Gasteiger partial charge in [-0.3, -0.25) is 9.69 Å². The second-order valence-corrected chi connectivity index (χ2v) is 14.5. The lowest BCUT2D eigenvalue weighted by molar-refractivity contribution is -0.123. The molecule has 7 nitrogen and oxygen atoms in total. The van der Waals surface area contributed by atoms with Gasteiger partial charge in [-0.15, -0.1) is 37.2 Å². The molecule has 282 valence electrons. The quantitative estimate of drug-likeness (QED) is 0.196. The predicted molar refractivity (Wildman–Crippen MR) is 215 cm³/mol. The number of rotatable bonds is 13. The Morgan fingerprint density at radius 2 is 1.25 bits per heavy atom. The van der Waals surface area contributed by atoms with Crippen LogP contribution in [-0.2, 0) is 20.5 Å². The highest BCUT2D eigenvalue weighted by atomic mass is 35.5. The summed E-state index contributed by atoms with van der Waals surface area (Å²) in [5, 5.41) is 15.6. The number of amides is 1. The maximum absolute atomic E-state index is 14.0. The van der Waals surface area contributed by atoms with E-state index in [4.69, 9.17) is 16.3 Å². The van der Waals surface area contributed by atoms with Crippen LogP contribution in [-0.4, -0.2) is 104 Å². The molecule has 51 heavy (non-hydrogen) atoms. The SMILES string of the molecule is Cl.Cl.Cl.O=C(CC(CCCN1CCC(O)(c2ccc(Cl)cc2)CC1)(c1ccccc1)c1ccccc1)NC1CCN(CCN2CCOCC2)CC1. The fraction of sp³-hybridized carbons (Fsp3) is 0.525. The number of benzene rings is 3. The molecule has 3 aromatic carbocycles. The summed E-state index contributed by atoms with van der Waals surface area (Å²) in [5.41, 5.74) is 2.10. The third kappa shape index (κ3) is 11.8. The van der Waals surface area contributed by atoms with Gasteiger partial charge in [0.15, 0.2) is 0 Å². The standard InChI is InChI=1S/C40H53ClN4O3.3ClH/c41-36-14-12-35(13-15-36)40(47)19-24-43(25-20-40)21-7-18-39(33-8-3-1-4-9-33,34-10-5-2-6-11-34)32-38(46)42-37-16-22-44(23-17-37)26-27-45-28-30-48-31-29-45;;;/h1-6,8-15,37,47H,7,16-32H2,(H,42,46);3*1H. The van der Waals surface area contributed by atoms with Crippen LogP contribution in [0.5, 0.6) is 0 Å². The first-order chi connectivity index (χ1) is 23.4. The first kappa shape index (κ1) is 43.5. The number of aliphatic hydroxyl groups is 1. The molecular weight excluding hydrogens is 726 g/mol. The number of halogens is 4. The molecule has 0 aliphatic carbocycles. The number of morpholine rings is 1. The van der Waals surface area contributed by atoms with E-state index in [-0.39, 0.29) is 49.2 Å². The lowest BCUT2D eigenvalue weighted by Crippen LogP contribution is -2.48. The molecule has 3 aliphatic heterocycles. The lowest BCUT2D eigenvalue weighted by Gasteiger charge is -2.40. The van der Waals surface area contributed by atoms with Gasteiger partial charge in [0.25, 0.3) is 0 Å². The number of likely N-dealkylation sites (tertiary alicyclic amines) is 2. The zero-order chi connectivity index (χ0) is 33.2. The highest BCUT2D eigenvalue weighted by Gasteiger charge is 2.38. The molecule has 0 aromatic heterocycles. The van der Waals surface area contributed by atoms with Gasteiger partial charge in [-0.25, -0.2) is 0 Å². The van der Waals surface area contributed by atoms with E-state index in [0.717, 1.165) is 103 Å². The van der Waals surface area contributed by atoms with Gasteiger partial charge in [-0.05, 0) is 73.9 Å². The number of carbonyl (C=O) groups excluding carboxylic acids is 1. The van der Waals surface area contributed by atoms with Crippen molar-refractivity contribution in [3.05, 3.63) is 107 Å². The minimum absolute atomic E-state index is 0. The van der Waals surface area contributed by atoms with Crippen molar-refractivity contribution in [1.29, 1.82) is 0 Å². The molecule has 2 N–H and O–H groups in total. The first-order valence-electron chi connectivity index (χ1n) is 18.1. The Kier molecular flexibility index (Phi) is 18.0. The molecule has 6 rings (SSSR count). The zero-order valence-corrected chi connectivity index (χ0v) is 32.8. The summed E-state index contributed by atoms with van der Waals surface area (Å²) in [6.07, 6.45) is 5.64. The summed E-state index contributed by atoms with van der Waals surface area (Å²) in [5.74, 6) is 0.139. The summed E-state index contributed by atoms with van der Waals surface area (Å²) in [7, 11) is 0. The predicted octanol–water partition coefficient (Wildman–Crippen LogP) is 6.96. The first-order valence-corrected chi connectivity index (χ1v) is 18.4. The number of nitrogens with one attached hydrogen (secondary N) is 1. The monoisotopic (exact) mass is 780 g/mol. The molecule has 0 atom stereocenters. The third-order valence-electron chi connectivity index (χ3n) is 11.0. The van der Waals surface area contributed by atoms with Crippen LogP contribution in [0, 0.1) is 0 Å². The van der Waals surface area contributed by atoms with E-state index in [1.165, 1.54) is 11.1 Å². The van der Waals surface area contributed by atoms with E-state index < -0.39 is 11.0 Å². The summed E-state index contributed by atoms with van der Waals surface area (Å²) in [6.45, 7) is 10.6. The molecule has 0 bridgehead atoms. The molecule has 0 saturated carbocycles. The Balaban J connectivity index is 0.00000234. The van der Waals surface area contributed by atoms with E-state index in [1.807, 2.05) is 24.3 Å². The Labute approximate surface area is 328 Å². The topological polar surface area (TPSA) is 68.3 Å². The van der Waals surface area contributed by atoms with Crippen molar-refractivity contribution < 1.29 is 14.6 Å². The number of hydrogen-bond donors (Lipinski definition) is 2. The van der Waals surface area contributed by atoms with Crippen LogP contribution in [0.4, 0.5) is 0 Å². The van der Waals surface area contributed by atoms with Gasteiger partial charge < -0.3 is 25.0 Å². The summed E-state index contributed by atoms with van der Waals surface area (Å²) >= 11 is 6.10. The van der Waals surface area contributed by atoms with Crippen LogP contribution in [0.3, 0.4) is 0 Å². The highest BCUT2D eigenvalue weighted by molar-refractivity contribution is 6.30. The van der Waals surface area contributed by atoms with Crippen molar-refractivity contribution in [3.8, 4) is 0 Å². The zero-order valence-electron chi connectivity index (χ0n) is 29.6. The van der Waals surface area contributed by atoms with Crippen LogP contribution >= 0.6 is 48.8 Å². The van der Waals surface area contributed by atoms with Gasteiger partial charge in [0, 0.05) is 75.3 Å². The second-order valence-electron chi connectivity index (χ2n) is 14.1. The summed E-state index contributed by atoms with van der Waals surface area (Å²) in [4.78, 5) is 21.5. The fourth-order valence-electron chi connectivity index (χ4n) is 8.02. The number of nitrogens with zero attached hydrogens (tertiary/aromatic N) is 3. The van der Waals surface area contributed by atoms with Gasteiger partial charge >= 0.3 is 0 Å². The summed E-state index contributed by atoms with van der Waals surface area (Å²) in [6, 6.07) is 29.1. The van der Waals surface area contributed by atoms with Crippen LogP contribution < -0.4 is 5.32 Å². The van der Waals surface area contributed by atoms with Crippen molar-refractivity contribution in [2.75, 3.05) is 72.1 Å². The van der Waals surface area contributed by atoms with Crippen molar-refractivity contribution in [1.82, 2.24) is 20.0 Å². The van der Waals surface area contributed by atoms with Crippen molar-refractivity contribution >= 4 is 54.7 Å². The average Bonchev–Trinajstić information content (AvgIpc) is 3.13. The molecule has 0 unspecified atom stereocenters. The van der Waals surface area contributed by atoms with E-state index in [1.54, 1.807) is 0 Å². The van der Waals surface area contributed by atoms with Crippen molar-refractivity contribution in [2.24, 2.45) is 0 Å². The minimum atomic E-state index is -0.810. The van der Waals surface area contributed by atoms with Gasteiger partial charge in [-0.1, -0.05) is 84.4 Å². The van der Waals surface area contributed by atoms with E-state index in [2.05, 4.69) is 80.7 Å². The largest absolute Gasteiger partial charge is 0.385 e. The molecule has 11 heteroatoms. The van der Waals surface area contributed by atoms with Gasteiger partial charge in [-0.2, -0.15) is 0 Å². The number of piperidine rings is 2. The van der Waals surface area contributed by atoms with Gasteiger partial charge in [0.1, 0.15) is 0 Å². The Bertz CT molecular complexity index is 1380. The normalized spacial score (nSPS) is 18.9. The molecule has 0 radical (unpaired) electrons. The van der Waals surface area contributed by atoms with Crippen LogP contribution in [0.1, 0.15) is 61.6 Å². The number of ether oxygens (including phenoxy) is 1. The van der Waals surface area contributed by atoms with Crippen LogP contribution in [0.2, 0.25) is 5.02 Å². The van der Waals surface area contributed by atoms with Crippen LogP contribution in [0.15, 0.2) is 84.9 Å². The smallest absolute Gasteiger partial charge is 0.221 e. The minimum Gasteiger partial charge on any atom is -0.385 e. The molecule has 3 heterocycles. The molecule has 3 aromatic rings. The molecular formula is C40H56Cl4N4O3. The fourth-order valence-corrected chi connectivity index (χ4v) is 8.15. The van der Waals surface area contributed by atoms with E-state index in [9.17, 15) is 9.90 Å². The van der Waals surface area contributed by atoms with E-state index >= 15 is 0 Å². The number of carbonyl (C=O) groups is 1. The van der Waals surface area contributed by atoms with Crippen LogP contribution in [0.25, 0.3) is 0 Å². The molecule has 0 spiro atoms. The maximum atomic E-state index is 14.0. The second kappa shape index (κ2) is 21.1.